The Morgan fingerprint density at radius 2 is 1.96 bits per heavy atom. The normalized spacial score (nSPS) is 10.8. The van der Waals surface area contributed by atoms with Crippen LogP contribution in [0.2, 0.25) is 10.0 Å². The summed E-state index contributed by atoms with van der Waals surface area (Å²) < 4.78 is 11.9. The van der Waals surface area contributed by atoms with Gasteiger partial charge in [0.2, 0.25) is 0 Å². The molecule has 0 saturated heterocycles. The van der Waals surface area contributed by atoms with E-state index in [-0.39, 0.29) is 16.4 Å². The van der Waals surface area contributed by atoms with Crippen molar-refractivity contribution < 1.29 is 19.4 Å². The molecule has 24 heavy (non-hydrogen) atoms. The zero-order valence-electron chi connectivity index (χ0n) is 12.7. The summed E-state index contributed by atoms with van der Waals surface area (Å²) in [5.74, 6) is -0.159. The maximum atomic E-state index is 11.8. The molecule has 0 aliphatic rings. The van der Waals surface area contributed by atoms with E-state index in [1.165, 1.54) is 30.9 Å². The maximum Gasteiger partial charge on any atom is 0.355 e. The van der Waals surface area contributed by atoms with Gasteiger partial charge in [0, 0.05) is 11.8 Å². The first-order valence-corrected chi connectivity index (χ1v) is 7.54. The molecule has 0 radical (unpaired) electrons. The van der Waals surface area contributed by atoms with E-state index in [2.05, 4.69) is 4.98 Å². The second kappa shape index (κ2) is 6.22. The van der Waals surface area contributed by atoms with Crippen LogP contribution in [0.4, 0.5) is 0 Å². The molecule has 8 heteroatoms. The standard InChI is InChI=1S/C16H12Cl2N2O4/c1-23-9-3-4-12(24-2)10(6-9)13-14(16(21)22)20-7-8(17)5-11(18)15(20)19-13/h3-7H,1-2H3,(H,21,22). The average Bonchev–Trinajstić information content (AvgIpc) is 2.93. The van der Waals surface area contributed by atoms with E-state index >= 15 is 0 Å². The first-order valence-electron chi connectivity index (χ1n) is 6.79. The highest BCUT2D eigenvalue weighted by Crippen LogP contribution is 2.36. The van der Waals surface area contributed by atoms with Gasteiger partial charge in [0.15, 0.2) is 11.3 Å². The van der Waals surface area contributed by atoms with Crippen LogP contribution in [0.5, 0.6) is 11.5 Å². The molecule has 0 spiro atoms. The molecule has 0 saturated carbocycles. The predicted molar refractivity (Wildman–Crippen MR) is 90.7 cm³/mol. The lowest BCUT2D eigenvalue weighted by molar-refractivity contribution is 0.0690. The molecule has 1 aromatic carbocycles. The van der Waals surface area contributed by atoms with E-state index in [1.54, 1.807) is 18.2 Å². The summed E-state index contributed by atoms with van der Waals surface area (Å²) in [5.41, 5.74) is 0.909. The van der Waals surface area contributed by atoms with Gasteiger partial charge in [-0.05, 0) is 24.3 Å². The summed E-state index contributed by atoms with van der Waals surface area (Å²) in [7, 11) is 3.01. The number of aromatic nitrogens is 2. The van der Waals surface area contributed by atoms with Gasteiger partial charge >= 0.3 is 5.97 Å². The molecule has 2 aromatic heterocycles. The fourth-order valence-electron chi connectivity index (χ4n) is 2.46. The number of rotatable bonds is 4. The van der Waals surface area contributed by atoms with Crippen molar-refractivity contribution in [3.63, 3.8) is 0 Å². The zero-order valence-corrected chi connectivity index (χ0v) is 14.2. The number of hydrogen-bond donors (Lipinski definition) is 1. The first kappa shape index (κ1) is 16.4. The number of aromatic carboxylic acids is 1. The second-order valence-corrected chi connectivity index (χ2v) is 5.72. The van der Waals surface area contributed by atoms with Gasteiger partial charge in [-0.25, -0.2) is 9.78 Å². The van der Waals surface area contributed by atoms with Crippen LogP contribution in [0.1, 0.15) is 10.5 Å². The van der Waals surface area contributed by atoms with Crippen LogP contribution in [0, 0.1) is 0 Å². The number of methoxy groups -OCH3 is 2. The SMILES string of the molecule is COc1ccc(OC)c(-c2nc3c(Cl)cc(Cl)cn3c2C(=O)O)c1. The quantitative estimate of drug-likeness (QED) is 0.754. The topological polar surface area (TPSA) is 73.1 Å². The minimum absolute atomic E-state index is 0.0686. The number of halogens is 2. The largest absolute Gasteiger partial charge is 0.497 e. The van der Waals surface area contributed by atoms with Crippen molar-refractivity contribution in [1.29, 1.82) is 0 Å². The Balaban J connectivity index is 2.40. The van der Waals surface area contributed by atoms with Crippen LogP contribution in [-0.2, 0) is 0 Å². The highest BCUT2D eigenvalue weighted by atomic mass is 35.5. The van der Waals surface area contributed by atoms with Crippen molar-refractivity contribution in [2.24, 2.45) is 0 Å². The van der Waals surface area contributed by atoms with Crippen molar-refractivity contribution in [1.82, 2.24) is 9.38 Å². The van der Waals surface area contributed by atoms with Crippen molar-refractivity contribution in [3.05, 3.63) is 46.2 Å². The number of carboxylic acid groups (broad SMARTS) is 1. The van der Waals surface area contributed by atoms with Crippen LogP contribution >= 0.6 is 23.2 Å². The molecule has 6 nitrogen and oxygen atoms in total. The summed E-state index contributed by atoms with van der Waals surface area (Å²) in [6.45, 7) is 0. The van der Waals surface area contributed by atoms with E-state index in [0.717, 1.165) is 0 Å². The molecule has 0 atom stereocenters. The first-order chi connectivity index (χ1) is 11.5. The number of nitrogens with zero attached hydrogens (tertiary/aromatic N) is 2. The number of hydrogen-bond acceptors (Lipinski definition) is 4. The number of imidazole rings is 1. The molecule has 3 aromatic rings. The molecule has 3 rings (SSSR count). The number of pyridine rings is 1. The van der Waals surface area contributed by atoms with Gasteiger partial charge in [-0.1, -0.05) is 23.2 Å². The molecule has 0 fully saturated rings. The number of fused-ring (bicyclic) bond motifs is 1. The maximum absolute atomic E-state index is 11.8. The molecule has 0 amide bonds. The molecule has 0 bridgehead atoms. The average molecular weight is 367 g/mol. The molecule has 0 aliphatic heterocycles. The third-order valence-corrected chi connectivity index (χ3v) is 3.99. The van der Waals surface area contributed by atoms with Crippen molar-refractivity contribution in [3.8, 4) is 22.8 Å². The zero-order chi connectivity index (χ0) is 17.4. The number of benzene rings is 1. The van der Waals surface area contributed by atoms with Gasteiger partial charge < -0.3 is 14.6 Å². The lowest BCUT2D eigenvalue weighted by atomic mass is 10.1. The van der Waals surface area contributed by atoms with Gasteiger partial charge in [-0.3, -0.25) is 4.40 Å². The highest BCUT2D eigenvalue weighted by Gasteiger charge is 2.24. The Labute approximate surface area is 147 Å². The fourth-order valence-corrected chi connectivity index (χ4v) is 2.98. The Bertz CT molecular complexity index is 953. The van der Waals surface area contributed by atoms with Gasteiger partial charge in [0.1, 0.15) is 17.2 Å². The van der Waals surface area contributed by atoms with Crippen LogP contribution < -0.4 is 9.47 Å². The number of carbonyl (C=O) groups is 1. The van der Waals surface area contributed by atoms with Crippen molar-refractivity contribution in [2.75, 3.05) is 14.2 Å². The van der Waals surface area contributed by atoms with Crippen molar-refractivity contribution in [2.45, 2.75) is 0 Å². The highest BCUT2D eigenvalue weighted by molar-refractivity contribution is 6.36. The molecule has 124 valence electrons. The number of ether oxygens (including phenoxy) is 2. The predicted octanol–water partition coefficient (Wildman–Crippen LogP) is 4.02. The van der Waals surface area contributed by atoms with Crippen LogP contribution in [0.15, 0.2) is 30.5 Å². The van der Waals surface area contributed by atoms with Crippen molar-refractivity contribution >= 4 is 34.8 Å². The van der Waals surface area contributed by atoms with Gasteiger partial charge in [-0.15, -0.1) is 0 Å². The van der Waals surface area contributed by atoms with Crippen LogP contribution in [0.25, 0.3) is 16.9 Å². The van der Waals surface area contributed by atoms with Gasteiger partial charge in [0.05, 0.1) is 24.3 Å². The molecule has 0 unspecified atom stereocenters. The van der Waals surface area contributed by atoms with Crippen LogP contribution in [0.3, 0.4) is 0 Å². The summed E-state index contributed by atoms with van der Waals surface area (Å²) in [6.07, 6.45) is 1.45. The summed E-state index contributed by atoms with van der Waals surface area (Å²) in [4.78, 5) is 16.2. The van der Waals surface area contributed by atoms with E-state index in [9.17, 15) is 9.90 Å². The molecule has 2 heterocycles. The van der Waals surface area contributed by atoms with E-state index in [0.29, 0.717) is 27.7 Å². The summed E-state index contributed by atoms with van der Waals surface area (Å²) in [6, 6.07) is 6.55. The summed E-state index contributed by atoms with van der Waals surface area (Å²) in [5, 5.41) is 10.2. The Hall–Kier alpha value is -2.44. The van der Waals surface area contributed by atoms with E-state index in [1.807, 2.05) is 0 Å². The lowest BCUT2D eigenvalue weighted by Crippen LogP contribution is -2.04. The monoisotopic (exact) mass is 366 g/mol. The smallest absolute Gasteiger partial charge is 0.355 e. The molecular weight excluding hydrogens is 355 g/mol. The fraction of sp³-hybridized carbons (Fsp3) is 0.125. The third-order valence-electron chi connectivity index (χ3n) is 3.51. The minimum atomic E-state index is -1.17. The number of carboxylic acids is 1. The Morgan fingerprint density at radius 3 is 2.58 bits per heavy atom. The van der Waals surface area contributed by atoms with E-state index in [4.69, 9.17) is 32.7 Å². The van der Waals surface area contributed by atoms with Crippen LogP contribution in [-0.4, -0.2) is 34.7 Å². The third kappa shape index (κ3) is 2.64. The Kier molecular flexibility index (Phi) is 4.26. The minimum Gasteiger partial charge on any atom is -0.497 e. The van der Waals surface area contributed by atoms with E-state index < -0.39 is 5.97 Å². The summed E-state index contributed by atoms with van der Waals surface area (Å²) >= 11 is 12.1. The second-order valence-electron chi connectivity index (χ2n) is 4.88. The molecule has 0 aliphatic carbocycles. The van der Waals surface area contributed by atoms with Gasteiger partial charge in [-0.2, -0.15) is 0 Å². The molecule has 1 N–H and O–H groups in total. The Morgan fingerprint density at radius 1 is 1.21 bits per heavy atom. The lowest BCUT2D eigenvalue weighted by Gasteiger charge is -2.09. The van der Waals surface area contributed by atoms with Gasteiger partial charge in [0.25, 0.3) is 0 Å². The molecular formula is C16H12Cl2N2O4.